The van der Waals surface area contributed by atoms with Gasteiger partial charge in [0.2, 0.25) is 0 Å². The summed E-state index contributed by atoms with van der Waals surface area (Å²) in [6.07, 6.45) is -2.35. The second-order valence-corrected chi connectivity index (χ2v) is 3.61. The van der Waals surface area contributed by atoms with Crippen LogP contribution in [0.5, 0.6) is 0 Å². The summed E-state index contributed by atoms with van der Waals surface area (Å²) in [7, 11) is -4.40. The van der Waals surface area contributed by atoms with Crippen molar-refractivity contribution in [1.29, 1.82) is 0 Å². The maximum Gasteiger partial charge on any atom is 0.673 e. The van der Waals surface area contributed by atoms with Gasteiger partial charge in [-0.1, -0.05) is 0 Å². The van der Waals surface area contributed by atoms with Gasteiger partial charge in [-0.25, -0.2) is 0 Å². The van der Waals surface area contributed by atoms with Crippen LogP contribution >= 0.6 is 0 Å². The number of rotatable bonds is 3. The largest absolute Gasteiger partial charge is 0.673 e. The highest BCUT2D eigenvalue weighted by Crippen LogP contribution is 2.16. The molecule has 0 aromatic heterocycles. The maximum atomic E-state index is 9.75. The van der Waals surface area contributed by atoms with E-state index in [-0.39, 0.29) is 4.48 Å². The Bertz CT molecular complexity index is 171. The minimum atomic E-state index is -6.00. The summed E-state index contributed by atoms with van der Waals surface area (Å²) >= 11 is 0. The SMILES string of the molecule is CC(O)[N+](C)(C(C)O)C(C)O.F[B-](F)(F)F. The summed E-state index contributed by atoms with van der Waals surface area (Å²) in [6.45, 7) is 4.62. The van der Waals surface area contributed by atoms with Crippen LogP contribution in [0.4, 0.5) is 17.3 Å². The molecule has 0 aliphatic rings. The number of hydrogen-bond donors (Lipinski definition) is 3. The van der Waals surface area contributed by atoms with Crippen molar-refractivity contribution in [2.45, 2.75) is 39.5 Å². The van der Waals surface area contributed by atoms with Gasteiger partial charge in [0.05, 0.1) is 7.05 Å². The number of aliphatic hydroxyl groups excluding tert-OH is 3. The second kappa shape index (κ2) is 6.38. The molecule has 0 aromatic carbocycles. The lowest BCUT2D eigenvalue weighted by Crippen LogP contribution is -2.61. The van der Waals surface area contributed by atoms with Crippen molar-refractivity contribution in [2.24, 2.45) is 0 Å². The van der Waals surface area contributed by atoms with Crippen LogP contribution in [-0.2, 0) is 0 Å². The number of halogens is 4. The maximum absolute atomic E-state index is 9.75. The van der Waals surface area contributed by atoms with Crippen molar-refractivity contribution >= 4 is 7.25 Å². The van der Waals surface area contributed by atoms with Crippen molar-refractivity contribution in [3.63, 3.8) is 0 Å². The molecule has 3 unspecified atom stereocenters. The molecule has 0 fully saturated rings. The van der Waals surface area contributed by atoms with Gasteiger partial charge in [-0.15, -0.1) is 0 Å². The third kappa shape index (κ3) is 6.99. The molecule has 0 aliphatic carbocycles. The van der Waals surface area contributed by atoms with Gasteiger partial charge in [0.1, 0.15) is 0 Å². The van der Waals surface area contributed by atoms with Crippen molar-refractivity contribution < 1.29 is 37.1 Å². The van der Waals surface area contributed by atoms with Gasteiger partial charge in [-0.2, -0.15) is 0 Å². The van der Waals surface area contributed by atoms with Gasteiger partial charge in [0.15, 0.2) is 18.7 Å². The molecular formula is C7H18BF4NO3. The van der Waals surface area contributed by atoms with Gasteiger partial charge < -0.3 is 32.6 Å². The summed E-state index contributed by atoms with van der Waals surface area (Å²) in [5.41, 5.74) is 0. The highest BCUT2D eigenvalue weighted by molar-refractivity contribution is 6.50. The van der Waals surface area contributed by atoms with Crippen LogP contribution in [0, 0.1) is 0 Å². The fourth-order valence-electron chi connectivity index (χ4n) is 0.937. The summed E-state index contributed by atoms with van der Waals surface area (Å²) in [6, 6.07) is 0. The normalized spacial score (nSPS) is 21.2. The van der Waals surface area contributed by atoms with E-state index in [2.05, 4.69) is 0 Å². The van der Waals surface area contributed by atoms with E-state index in [1.165, 1.54) is 0 Å². The van der Waals surface area contributed by atoms with Crippen LogP contribution in [0.1, 0.15) is 20.8 Å². The van der Waals surface area contributed by atoms with Crippen molar-refractivity contribution in [3.8, 4) is 0 Å². The van der Waals surface area contributed by atoms with E-state index in [9.17, 15) is 32.6 Å². The number of nitrogens with zero attached hydrogens (tertiary/aromatic N) is 1. The average Bonchev–Trinajstić information content (AvgIpc) is 1.98. The summed E-state index contributed by atoms with van der Waals surface area (Å²) in [5, 5.41) is 27.8. The van der Waals surface area contributed by atoms with Crippen LogP contribution in [0.25, 0.3) is 0 Å². The molecule has 16 heavy (non-hydrogen) atoms. The Morgan fingerprint density at radius 1 is 0.812 bits per heavy atom. The predicted octanol–water partition coefficient (Wildman–Crippen LogP) is 0.748. The van der Waals surface area contributed by atoms with Crippen LogP contribution in [0.3, 0.4) is 0 Å². The molecule has 3 N–H and O–H groups in total. The first-order valence-corrected chi connectivity index (χ1v) is 4.60. The Kier molecular flexibility index (Phi) is 7.18. The third-order valence-corrected chi connectivity index (χ3v) is 2.42. The molecule has 0 heterocycles. The lowest BCUT2D eigenvalue weighted by atomic mass is 10.3. The van der Waals surface area contributed by atoms with E-state index < -0.39 is 25.9 Å². The topological polar surface area (TPSA) is 60.7 Å². The Balaban J connectivity index is 0. The standard InChI is InChI=1S/C7H18NO3.BF4/c1-5(9)8(4,6(2)10)7(3)11;2-1(3,4)5/h5-7,9-11H,1-4H3;/q+1;-1. The van der Waals surface area contributed by atoms with E-state index in [0.717, 1.165) is 0 Å². The lowest BCUT2D eigenvalue weighted by molar-refractivity contribution is -1.03. The summed E-state index contributed by atoms with van der Waals surface area (Å²) in [5.74, 6) is 0. The van der Waals surface area contributed by atoms with Gasteiger partial charge in [0.25, 0.3) is 0 Å². The smallest absolute Gasteiger partial charge is 0.418 e. The zero-order valence-corrected chi connectivity index (χ0v) is 9.61. The van der Waals surface area contributed by atoms with Crippen LogP contribution in [-0.4, -0.2) is 52.8 Å². The van der Waals surface area contributed by atoms with Crippen molar-refractivity contribution in [2.75, 3.05) is 7.05 Å². The molecule has 0 saturated heterocycles. The Hall–Kier alpha value is -0.375. The molecule has 3 atom stereocenters. The number of quaternary nitrogens is 1. The Morgan fingerprint density at radius 3 is 0.938 bits per heavy atom. The third-order valence-electron chi connectivity index (χ3n) is 2.42. The minimum Gasteiger partial charge on any atom is -0.418 e. The highest BCUT2D eigenvalue weighted by Gasteiger charge is 2.37. The van der Waals surface area contributed by atoms with Crippen LogP contribution < -0.4 is 0 Å². The van der Waals surface area contributed by atoms with Gasteiger partial charge >= 0.3 is 7.25 Å². The number of aliphatic hydroxyl groups is 3. The fourth-order valence-corrected chi connectivity index (χ4v) is 0.937. The molecule has 100 valence electrons. The highest BCUT2D eigenvalue weighted by atomic mass is 19.5. The predicted molar refractivity (Wildman–Crippen MR) is 51.4 cm³/mol. The fraction of sp³-hybridized carbons (Fsp3) is 1.00. The first kappa shape index (κ1) is 18.0. The number of hydrogen-bond acceptors (Lipinski definition) is 3. The van der Waals surface area contributed by atoms with Gasteiger partial charge in [0, 0.05) is 20.8 Å². The first-order chi connectivity index (χ1) is 6.83. The van der Waals surface area contributed by atoms with E-state index in [1.54, 1.807) is 27.8 Å². The first-order valence-electron chi connectivity index (χ1n) is 4.60. The lowest BCUT2D eigenvalue weighted by Gasteiger charge is -2.41. The van der Waals surface area contributed by atoms with E-state index in [1.807, 2.05) is 0 Å². The monoisotopic (exact) mass is 251 g/mol. The van der Waals surface area contributed by atoms with Crippen molar-refractivity contribution in [1.82, 2.24) is 0 Å². The zero-order valence-electron chi connectivity index (χ0n) is 9.61. The molecule has 0 aromatic rings. The summed E-state index contributed by atoms with van der Waals surface area (Å²) in [4.78, 5) is 0. The Labute approximate surface area is 91.8 Å². The molecule has 9 heteroatoms. The van der Waals surface area contributed by atoms with Gasteiger partial charge in [-0.05, 0) is 0 Å². The molecule has 0 aliphatic heterocycles. The molecule has 0 amide bonds. The van der Waals surface area contributed by atoms with Gasteiger partial charge in [-0.3, -0.25) is 4.48 Å². The van der Waals surface area contributed by atoms with Crippen molar-refractivity contribution in [3.05, 3.63) is 0 Å². The van der Waals surface area contributed by atoms with E-state index in [0.29, 0.717) is 0 Å². The Morgan fingerprint density at radius 2 is 0.938 bits per heavy atom. The van der Waals surface area contributed by atoms with Crippen LogP contribution in [0.2, 0.25) is 0 Å². The molecular weight excluding hydrogens is 233 g/mol. The summed E-state index contributed by atoms with van der Waals surface area (Å²) < 4.78 is 38.8. The van der Waals surface area contributed by atoms with Crippen LogP contribution in [0.15, 0.2) is 0 Å². The molecule has 0 rings (SSSR count). The second-order valence-electron chi connectivity index (χ2n) is 3.61. The zero-order chi connectivity index (χ0) is 13.7. The molecule has 0 saturated carbocycles. The molecule has 0 spiro atoms. The molecule has 0 radical (unpaired) electrons. The minimum absolute atomic E-state index is 0.167. The molecule has 0 bridgehead atoms. The van der Waals surface area contributed by atoms with E-state index in [4.69, 9.17) is 0 Å². The quantitative estimate of drug-likeness (QED) is 0.300. The average molecular weight is 251 g/mol. The molecule has 4 nitrogen and oxygen atoms in total. The van der Waals surface area contributed by atoms with E-state index >= 15 is 0 Å².